The minimum absolute atomic E-state index is 0.226. The fraction of sp³-hybridized carbons (Fsp3) is 1.00. The third kappa shape index (κ3) is 5.25. The van der Waals surface area contributed by atoms with Crippen LogP contribution in [-0.2, 0) is 10.0 Å². The van der Waals surface area contributed by atoms with Gasteiger partial charge in [0.2, 0.25) is 10.0 Å². The summed E-state index contributed by atoms with van der Waals surface area (Å²) >= 11 is 0. The fourth-order valence-electron chi connectivity index (χ4n) is 2.05. The Morgan fingerprint density at radius 1 is 1.44 bits per heavy atom. The number of nitrogens with zero attached hydrogens (tertiary/aromatic N) is 1. The molecule has 96 valence electrons. The van der Waals surface area contributed by atoms with Crippen molar-refractivity contribution in [1.82, 2.24) is 9.62 Å². The summed E-state index contributed by atoms with van der Waals surface area (Å²) in [6, 6.07) is 0. The van der Waals surface area contributed by atoms with Gasteiger partial charge < -0.3 is 10.0 Å². The van der Waals surface area contributed by atoms with Crippen LogP contribution in [-0.4, -0.2) is 57.0 Å². The summed E-state index contributed by atoms with van der Waals surface area (Å²) in [7, 11) is -3.07. The molecule has 1 atom stereocenters. The number of hydrogen-bond donors (Lipinski definition) is 2. The van der Waals surface area contributed by atoms with Crippen LogP contribution in [0.5, 0.6) is 0 Å². The molecule has 16 heavy (non-hydrogen) atoms. The van der Waals surface area contributed by atoms with Crippen molar-refractivity contribution in [3.63, 3.8) is 0 Å². The molecule has 1 fully saturated rings. The van der Waals surface area contributed by atoms with Gasteiger partial charge in [-0.3, -0.25) is 0 Å². The van der Waals surface area contributed by atoms with Crippen LogP contribution in [0.3, 0.4) is 0 Å². The summed E-state index contributed by atoms with van der Waals surface area (Å²) in [6.45, 7) is 4.95. The third-order valence-corrected chi connectivity index (χ3v) is 3.84. The Morgan fingerprint density at radius 3 is 2.44 bits per heavy atom. The molecule has 0 aromatic carbocycles. The number of nitrogens with one attached hydrogen (secondary N) is 1. The first-order valence-corrected chi connectivity index (χ1v) is 7.62. The van der Waals surface area contributed by atoms with Crippen molar-refractivity contribution in [3.05, 3.63) is 0 Å². The molecule has 0 aromatic rings. The molecule has 6 heteroatoms. The third-order valence-electron chi connectivity index (χ3n) is 3.11. The Kier molecular flexibility index (Phi) is 5.17. The van der Waals surface area contributed by atoms with Crippen molar-refractivity contribution in [2.75, 3.05) is 32.4 Å². The van der Waals surface area contributed by atoms with Gasteiger partial charge in [0.25, 0.3) is 0 Å². The average molecular weight is 250 g/mol. The number of piperidine rings is 1. The number of aliphatic hydroxyl groups excluding tert-OH is 1. The summed E-state index contributed by atoms with van der Waals surface area (Å²) in [4.78, 5) is 2.23. The molecule has 5 nitrogen and oxygen atoms in total. The van der Waals surface area contributed by atoms with E-state index < -0.39 is 10.0 Å². The molecule has 0 spiro atoms. The monoisotopic (exact) mass is 250 g/mol. The van der Waals surface area contributed by atoms with E-state index in [1.165, 1.54) is 6.26 Å². The molecule has 0 radical (unpaired) electrons. The second kappa shape index (κ2) is 5.95. The van der Waals surface area contributed by atoms with Gasteiger partial charge in [0.1, 0.15) is 0 Å². The molecule has 1 heterocycles. The molecule has 1 unspecified atom stereocenters. The van der Waals surface area contributed by atoms with Crippen molar-refractivity contribution in [2.45, 2.75) is 25.9 Å². The van der Waals surface area contributed by atoms with E-state index in [1.54, 1.807) is 0 Å². The van der Waals surface area contributed by atoms with Crippen LogP contribution in [0.2, 0.25) is 0 Å². The Labute approximate surface area is 97.9 Å². The lowest BCUT2D eigenvalue weighted by Gasteiger charge is -2.33. The second-order valence-corrected chi connectivity index (χ2v) is 6.42. The predicted molar refractivity (Wildman–Crippen MR) is 63.7 cm³/mol. The topological polar surface area (TPSA) is 69.6 Å². The van der Waals surface area contributed by atoms with Gasteiger partial charge in [-0.1, -0.05) is 0 Å². The molecule has 0 amide bonds. The normalized spacial score (nSPS) is 22.2. The lowest BCUT2D eigenvalue weighted by Crippen LogP contribution is -2.41. The van der Waals surface area contributed by atoms with Crippen molar-refractivity contribution < 1.29 is 13.5 Å². The number of sulfonamides is 1. The molecule has 1 aliphatic heterocycles. The number of likely N-dealkylation sites (tertiary alicyclic amines) is 1. The van der Waals surface area contributed by atoms with Crippen LogP contribution >= 0.6 is 0 Å². The molecular weight excluding hydrogens is 228 g/mol. The van der Waals surface area contributed by atoms with Crippen molar-refractivity contribution in [1.29, 1.82) is 0 Å². The van der Waals surface area contributed by atoms with E-state index in [9.17, 15) is 13.5 Å². The Hall–Kier alpha value is -0.170. The zero-order valence-electron chi connectivity index (χ0n) is 10.0. The highest BCUT2D eigenvalue weighted by atomic mass is 32.2. The summed E-state index contributed by atoms with van der Waals surface area (Å²) in [5.74, 6) is 0.402. The van der Waals surface area contributed by atoms with Crippen molar-refractivity contribution in [2.24, 2.45) is 5.92 Å². The van der Waals surface area contributed by atoms with E-state index in [4.69, 9.17) is 0 Å². The zero-order valence-corrected chi connectivity index (χ0v) is 10.8. The van der Waals surface area contributed by atoms with Crippen LogP contribution in [0.1, 0.15) is 19.8 Å². The largest absolute Gasteiger partial charge is 0.393 e. The highest BCUT2D eigenvalue weighted by Crippen LogP contribution is 2.19. The maximum Gasteiger partial charge on any atom is 0.208 e. The molecule has 1 aliphatic rings. The lowest BCUT2D eigenvalue weighted by atomic mass is 9.92. The lowest BCUT2D eigenvalue weighted by molar-refractivity contribution is 0.0727. The van der Waals surface area contributed by atoms with E-state index in [2.05, 4.69) is 9.62 Å². The maximum absolute atomic E-state index is 10.9. The summed E-state index contributed by atoms with van der Waals surface area (Å²) < 4.78 is 24.2. The van der Waals surface area contributed by atoms with Gasteiger partial charge in [0.05, 0.1) is 12.4 Å². The van der Waals surface area contributed by atoms with Gasteiger partial charge in [-0.05, 0) is 38.8 Å². The first kappa shape index (κ1) is 13.9. The van der Waals surface area contributed by atoms with Gasteiger partial charge in [0.15, 0.2) is 0 Å². The maximum atomic E-state index is 10.9. The first-order valence-electron chi connectivity index (χ1n) is 5.73. The fourth-order valence-corrected chi connectivity index (χ4v) is 2.51. The molecule has 0 bridgehead atoms. The Bertz CT molecular complexity index is 295. The highest BCUT2D eigenvalue weighted by molar-refractivity contribution is 7.88. The van der Waals surface area contributed by atoms with Gasteiger partial charge in [-0.25, -0.2) is 13.1 Å². The average Bonchev–Trinajstić information content (AvgIpc) is 2.16. The number of aliphatic hydroxyl groups is 1. The Balaban J connectivity index is 2.18. The van der Waals surface area contributed by atoms with Crippen LogP contribution in [0.15, 0.2) is 0 Å². The van der Waals surface area contributed by atoms with Gasteiger partial charge in [-0.15, -0.1) is 0 Å². The molecule has 1 saturated heterocycles. The van der Waals surface area contributed by atoms with Crippen molar-refractivity contribution in [3.8, 4) is 0 Å². The molecular formula is C10H22N2O3S. The van der Waals surface area contributed by atoms with Gasteiger partial charge in [-0.2, -0.15) is 0 Å². The van der Waals surface area contributed by atoms with Gasteiger partial charge in [0, 0.05) is 13.1 Å². The summed E-state index contributed by atoms with van der Waals surface area (Å²) in [5.41, 5.74) is 0. The number of hydrogen-bond acceptors (Lipinski definition) is 4. The quantitative estimate of drug-likeness (QED) is 0.698. The van der Waals surface area contributed by atoms with Crippen LogP contribution in [0.4, 0.5) is 0 Å². The minimum atomic E-state index is -3.07. The molecule has 0 saturated carbocycles. The molecule has 2 N–H and O–H groups in total. The van der Waals surface area contributed by atoms with E-state index in [-0.39, 0.29) is 6.10 Å². The van der Waals surface area contributed by atoms with Crippen molar-refractivity contribution >= 4 is 10.0 Å². The molecule has 0 aromatic heterocycles. The van der Waals surface area contributed by atoms with Gasteiger partial charge >= 0.3 is 0 Å². The minimum Gasteiger partial charge on any atom is -0.393 e. The van der Waals surface area contributed by atoms with Crippen LogP contribution in [0, 0.1) is 5.92 Å². The SMILES string of the molecule is CC(O)C1CCN(CCNS(C)(=O)=O)CC1. The Morgan fingerprint density at radius 2 is 2.00 bits per heavy atom. The van der Waals surface area contributed by atoms with E-state index in [0.717, 1.165) is 32.5 Å². The molecule has 0 aliphatic carbocycles. The standard InChI is InChI=1S/C10H22N2O3S/c1-9(13)10-3-6-12(7-4-10)8-5-11-16(2,14)15/h9-11,13H,3-8H2,1-2H3. The second-order valence-electron chi connectivity index (χ2n) is 4.59. The zero-order chi connectivity index (χ0) is 12.2. The van der Waals surface area contributed by atoms with E-state index >= 15 is 0 Å². The van der Waals surface area contributed by atoms with Crippen LogP contribution < -0.4 is 4.72 Å². The van der Waals surface area contributed by atoms with E-state index in [0.29, 0.717) is 12.5 Å². The number of rotatable bonds is 5. The summed E-state index contributed by atoms with van der Waals surface area (Å²) in [5, 5.41) is 9.44. The van der Waals surface area contributed by atoms with Crippen LogP contribution in [0.25, 0.3) is 0 Å². The van der Waals surface area contributed by atoms with E-state index in [1.807, 2.05) is 6.92 Å². The predicted octanol–water partition coefficient (Wildman–Crippen LogP) is -0.372. The highest BCUT2D eigenvalue weighted by Gasteiger charge is 2.22. The smallest absolute Gasteiger partial charge is 0.208 e. The summed E-state index contributed by atoms with van der Waals surface area (Å²) in [6.07, 6.45) is 2.94. The first-order chi connectivity index (χ1) is 7.38. The molecule has 1 rings (SSSR count).